The van der Waals surface area contributed by atoms with Crippen LogP contribution < -0.4 is 5.32 Å². The van der Waals surface area contributed by atoms with Crippen LogP contribution in [0.25, 0.3) is 21.7 Å². The lowest BCUT2D eigenvalue weighted by Gasteiger charge is -2.06. The third-order valence-electron chi connectivity index (χ3n) is 3.52. The SMILES string of the molecule is O=C(Nc1ccc2nc(-c3cccs3)[nH]c2c1)c1nc(Cl)ccc1Cl. The van der Waals surface area contributed by atoms with Crippen molar-refractivity contribution in [2.45, 2.75) is 0 Å². The Morgan fingerprint density at radius 1 is 1.12 bits per heavy atom. The zero-order valence-electron chi connectivity index (χ0n) is 12.6. The molecule has 0 bridgehead atoms. The van der Waals surface area contributed by atoms with E-state index >= 15 is 0 Å². The van der Waals surface area contributed by atoms with Crippen molar-refractivity contribution in [2.75, 3.05) is 5.32 Å². The molecule has 8 heteroatoms. The van der Waals surface area contributed by atoms with Crippen LogP contribution in [0.15, 0.2) is 47.8 Å². The van der Waals surface area contributed by atoms with Gasteiger partial charge in [-0.05, 0) is 41.8 Å². The topological polar surface area (TPSA) is 70.7 Å². The maximum Gasteiger partial charge on any atom is 0.275 e. The molecule has 0 aliphatic carbocycles. The molecule has 0 saturated heterocycles. The van der Waals surface area contributed by atoms with Gasteiger partial charge >= 0.3 is 0 Å². The summed E-state index contributed by atoms with van der Waals surface area (Å²) < 4.78 is 0. The molecule has 4 rings (SSSR count). The number of fused-ring (bicyclic) bond motifs is 1. The minimum Gasteiger partial charge on any atom is -0.337 e. The summed E-state index contributed by atoms with van der Waals surface area (Å²) in [6.07, 6.45) is 0. The predicted octanol–water partition coefficient (Wildman–Crippen LogP) is 5.25. The fraction of sp³-hybridized carbons (Fsp3) is 0. The second-order valence-electron chi connectivity index (χ2n) is 5.21. The number of carbonyl (C=O) groups excluding carboxylic acids is 1. The van der Waals surface area contributed by atoms with Gasteiger partial charge in [0.2, 0.25) is 0 Å². The van der Waals surface area contributed by atoms with Crippen molar-refractivity contribution in [2.24, 2.45) is 0 Å². The first-order valence-corrected chi connectivity index (χ1v) is 8.91. The Labute approximate surface area is 156 Å². The summed E-state index contributed by atoms with van der Waals surface area (Å²) >= 11 is 13.5. The number of anilines is 1. The van der Waals surface area contributed by atoms with Crippen molar-refractivity contribution >= 4 is 57.2 Å². The number of benzene rings is 1. The van der Waals surface area contributed by atoms with Gasteiger partial charge in [0.25, 0.3) is 5.91 Å². The average molecular weight is 389 g/mol. The van der Waals surface area contributed by atoms with Gasteiger partial charge in [-0.3, -0.25) is 4.79 Å². The number of thiophene rings is 1. The molecule has 0 unspecified atom stereocenters. The minimum atomic E-state index is -0.426. The Balaban J connectivity index is 1.63. The lowest BCUT2D eigenvalue weighted by Crippen LogP contribution is -2.14. The molecule has 0 atom stereocenters. The summed E-state index contributed by atoms with van der Waals surface area (Å²) in [7, 11) is 0. The molecule has 3 heterocycles. The second kappa shape index (κ2) is 6.48. The Morgan fingerprint density at radius 3 is 2.80 bits per heavy atom. The van der Waals surface area contributed by atoms with E-state index in [1.165, 1.54) is 12.1 Å². The number of hydrogen-bond donors (Lipinski definition) is 2. The highest BCUT2D eigenvalue weighted by Crippen LogP contribution is 2.26. The summed E-state index contributed by atoms with van der Waals surface area (Å²) in [6, 6.07) is 12.5. The van der Waals surface area contributed by atoms with Crippen LogP contribution in [-0.2, 0) is 0 Å². The Hall–Kier alpha value is -2.41. The van der Waals surface area contributed by atoms with E-state index < -0.39 is 5.91 Å². The highest BCUT2D eigenvalue weighted by molar-refractivity contribution is 7.13. The van der Waals surface area contributed by atoms with E-state index in [-0.39, 0.29) is 15.9 Å². The molecule has 2 N–H and O–H groups in total. The Kier molecular flexibility index (Phi) is 4.17. The van der Waals surface area contributed by atoms with Gasteiger partial charge in [-0.1, -0.05) is 29.3 Å². The molecule has 0 radical (unpaired) electrons. The first-order valence-electron chi connectivity index (χ1n) is 7.27. The molecular weight excluding hydrogens is 379 g/mol. The number of halogens is 2. The quantitative estimate of drug-likeness (QED) is 0.471. The van der Waals surface area contributed by atoms with E-state index in [2.05, 4.69) is 20.3 Å². The van der Waals surface area contributed by atoms with Gasteiger partial charge in [0, 0.05) is 5.69 Å². The minimum absolute atomic E-state index is 0.0816. The van der Waals surface area contributed by atoms with Gasteiger partial charge in [-0.25, -0.2) is 9.97 Å². The number of pyridine rings is 1. The fourth-order valence-electron chi connectivity index (χ4n) is 2.39. The van der Waals surface area contributed by atoms with Gasteiger partial charge < -0.3 is 10.3 Å². The van der Waals surface area contributed by atoms with Crippen molar-refractivity contribution in [3.8, 4) is 10.7 Å². The number of H-pyrrole nitrogens is 1. The number of aromatic amines is 1. The Morgan fingerprint density at radius 2 is 2.00 bits per heavy atom. The summed E-state index contributed by atoms with van der Waals surface area (Å²) in [4.78, 5) is 25.2. The van der Waals surface area contributed by atoms with E-state index in [0.717, 1.165) is 21.7 Å². The van der Waals surface area contributed by atoms with Crippen LogP contribution in [0.5, 0.6) is 0 Å². The highest BCUT2D eigenvalue weighted by Gasteiger charge is 2.14. The molecule has 124 valence electrons. The largest absolute Gasteiger partial charge is 0.337 e. The molecule has 25 heavy (non-hydrogen) atoms. The van der Waals surface area contributed by atoms with Gasteiger partial charge in [0.15, 0.2) is 0 Å². The third kappa shape index (κ3) is 3.24. The number of rotatable bonds is 3. The predicted molar refractivity (Wildman–Crippen MR) is 102 cm³/mol. The molecule has 4 aromatic rings. The van der Waals surface area contributed by atoms with Crippen LogP contribution in [0.1, 0.15) is 10.5 Å². The number of nitrogens with zero attached hydrogens (tertiary/aromatic N) is 2. The second-order valence-corrected chi connectivity index (χ2v) is 6.96. The number of aromatic nitrogens is 3. The summed E-state index contributed by atoms with van der Waals surface area (Å²) in [5, 5.41) is 5.22. The van der Waals surface area contributed by atoms with Crippen molar-refractivity contribution in [3.63, 3.8) is 0 Å². The molecule has 0 fully saturated rings. The van der Waals surface area contributed by atoms with Crippen LogP contribution in [-0.4, -0.2) is 20.9 Å². The van der Waals surface area contributed by atoms with Gasteiger partial charge in [0.05, 0.1) is 20.9 Å². The lowest BCUT2D eigenvalue weighted by atomic mass is 10.2. The van der Waals surface area contributed by atoms with Crippen LogP contribution in [0.2, 0.25) is 10.2 Å². The van der Waals surface area contributed by atoms with Gasteiger partial charge in [0.1, 0.15) is 16.7 Å². The lowest BCUT2D eigenvalue weighted by molar-refractivity contribution is 0.102. The molecular formula is C17H10Cl2N4OS. The summed E-state index contributed by atoms with van der Waals surface area (Å²) in [6.45, 7) is 0. The Bertz CT molecular complexity index is 1080. The highest BCUT2D eigenvalue weighted by atomic mass is 35.5. The summed E-state index contributed by atoms with van der Waals surface area (Å²) in [5.41, 5.74) is 2.33. The first-order chi connectivity index (χ1) is 12.1. The molecule has 3 aromatic heterocycles. The number of hydrogen-bond acceptors (Lipinski definition) is 4. The zero-order chi connectivity index (χ0) is 17.4. The zero-order valence-corrected chi connectivity index (χ0v) is 14.9. The van der Waals surface area contributed by atoms with E-state index in [4.69, 9.17) is 23.2 Å². The van der Waals surface area contributed by atoms with E-state index in [0.29, 0.717) is 5.69 Å². The van der Waals surface area contributed by atoms with Crippen LogP contribution >= 0.6 is 34.5 Å². The fourth-order valence-corrected chi connectivity index (χ4v) is 3.39. The summed E-state index contributed by atoms with van der Waals surface area (Å²) in [5.74, 6) is 0.373. The number of carbonyl (C=O) groups is 1. The average Bonchev–Trinajstić information content (AvgIpc) is 3.25. The van der Waals surface area contributed by atoms with Crippen LogP contribution in [0, 0.1) is 0 Å². The van der Waals surface area contributed by atoms with E-state index in [9.17, 15) is 4.79 Å². The van der Waals surface area contributed by atoms with Crippen LogP contribution in [0.4, 0.5) is 5.69 Å². The number of imidazole rings is 1. The maximum absolute atomic E-state index is 12.4. The normalized spacial score (nSPS) is 11.0. The van der Waals surface area contributed by atoms with Gasteiger partial charge in [-0.15, -0.1) is 11.3 Å². The molecule has 0 saturated carbocycles. The molecule has 1 amide bonds. The maximum atomic E-state index is 12.4. The molecule has 0 spiro atoms. The first kappa shape index (κ1) is 16.1. The van der Waals surface area contributed by atoms with Crippen molar-refractivity contribution in [1.82, 2.24) is 15.0 Å². The standard InChI is InChI=1S/C17H10Cl2N4OS/c18-10-4-6-14(19)23-15(10)17(24)20-9-3-5-11-12(8-9)22-16(21-11)13-2-1-7-25-13/h1-8H,(H,20,24)(H,21,22). The molecule has 1 aromatic carbocycles. The van der Waals surface area contributed by atoms with Crippen molar-refractivity contribution in [3.05, 3.63) is 63.7 Å². The third-order valence-corrected chi connectivity index (χ3v) is 4.91. The monoisotopic (exact) mass is 388 g/mol. The van der Waals surface area contributed by atoms with Crippen LogP contribution in [0.3, 0.4) is 0 Å². The van der Waals surface area contributed by atoms with E-state index in [1.807, 2.05) is 29.6 Å². The van der Waals surface area contributed by atoms with E-state index in [1.54, 1.807) is 17.4 Å². The number of amides is 1. The molecule has 0 aliphatic heterocycles. The van der Waals surface area contributed by atoms with Crippen molar-refractivity contribution < 1.29 is 4.79 Å². The van der Waals surface area contributed by atoms with Gasteiger partial charge in [-0.2, -0.15) is 0 Å². The molecule has 0 aliphatic rings. The number of nitrogens with one attached hydrogen (secondary N) is 2. The smallest absolute Gasteiger partial charge is 0.275 e. The molecule has 5 nitrogen and oxygen atoms in total. The van der Waals surface area contributed by atoms with Crippen molar-refractivity contribution in [1.29, 1.82) is 0 Å².